The number of hydrogen-bond acceptors (Lipinski definition) is 3. The Bertz CT molecular complexity index is 581. The molecule has 0 spiro atoms. The molecule has 1 saturated carbocycles. The first-order valence-corrected chi connectivity index (χ1v) is 7.07. The molecule has 5 heteroatoms. The Morgan fingerprint density at radius 3 is 2.89 bits per heavy atom. The van der Waals surface area contributed by atoms with E-state index in [9.17, 15) is 5.11 Å². The summed E-state index contributed by atoms with van der Waals surface area (Å²) in [5.41, 5.74) is 7.90. The van der Waals surface area contributed by atoms with E-state index in [0.717, 1.165) is 41.2 Å². The summed E-state index contributed by atoms with van der Waals surface area (Å²) in [7, 11) is 0. The molecule has 1 heterocycles. The van der Waals surface area contributed by atoms with E-state index in [1.54, 1.807) is 0 Å². The van der Waals surface area contributed by atoms with Crippen LogP contribution in [0.1, 0.15) is 31.7 Å². The van der Waals surface area contributed by atoms with Crippen molar-refractivity contribution in [3.8, 4) is 0 Å². The highest BCUT2D eigenvalue weighted by molar-refractivity contribution is 9.10. The Labute approximate surface area is 114 Å². The fourth-order valence-corrected chi connectivity index (χ4v) is 3.18. The molecule has 2 aromatic rings. The topological polar surface area (TPSA) is 64.1 Å². The Morgan fingerprint density at radius 2 is 2.11 bits per heavy atom. The Hall–Kier alpha value is -1.07. The van der Waals surface area contributed by atoms with Crippen LogP contribution in [-0.4, -0.2) is 20.8 Å². The summed E-state index contributed by atoms with van der Waals surface area (Å²) in [6.07, 6.45) is 3.71. The third-order valence-electron chi connectivity index (χ3n) is 3.70. The Morgan fingerprint density at radius 1 is 1.33 bits per heavy atom. The molecule has 0 saturated heterocycles. The van der Waals surface area contributed by atoms with Gasteiger partial charge in [-0.1, -0.05) is 28.8 Å². The Kier molecular flexibility index (Phi) is 3.03. The average Bonchev–Trinajstić information content (AvgIpc) is 2.66. The maximum Gasteiger partial charge on any atom is 0.201 e. The number of aliphatic hydroxyl groups excluding tert-OH is 1. The molecule has 2 atom stereocenters. The number of aromatic nitrogens is 2. The van der Waals surface area contributed by atoms with Crippen LogP contribution in [0.3, 0.4) is 0 Å². The number of benzene rings is 1. The summed E-state index contributed by atoms with van der Waals surface area (Å²) in [5, 5.41) is 10.2. The maximum atomic E-state index is 10.2. The van der Waals surface area contributed by atoms with Gasteiger partial charge in [-0.3, -0.25) is 0 Å². The predicted octanol–water partition coefficient (Wildman–Crippen LogP) is 2.86. The van der Waals surface area contributed by atoms with Gasteiger partial charge in [-0.15, -0.1) is 0 Å². The molecule has 3 N–H and O–H groups in total. The fourth-order valence-electron chi connectivity index (χ4n) is 2.83. The molecule has 0 aliphatic heterocycles. The summed E-state index contributed by atoms with van der Waals surface area (Å²) in [5.74, 6) is 0.494. The molecule has 96 valence electrons. The number of rotatable bonds is 1. The molecule has 1 aliphatic carbocycles. The molecule has 1 aromatic heterocycles. The van der Waals surface area contributed by atoms with E-state index >= 15 is 0 Å². The van der Waals surface area contributed by atoms with E-state index in [-0.39, 0.29) is 12.1 Å². The zero-order chi connectivity index (χ0) is 12.7. The van der Waals surface area contributed by atoms with Crippen LogP contribution in [0.4, 0.5) is 5.95 Å². The van der Waals surface area contributed by atoms with Gasteiger partial charge >= 0.3 is 0 Å². The van der Waals surface area contributed by atoms with Crippen molar-refractivity contribution in [1.82, 2.24) is 9.55 Å². The van der Waals surface area contributed by atoms with E-state index in [1.807, 2.05) is 22.8 Å². The minimum absolute atomic E-state index is 0.0537. The molecule has 0 bridgehead atoms. The number of nitrogens with zero attached hydrogens (tertiary/aromatic N) is 2. The molecule has 1 aromatic carbocycles. The lowest BCUT2D eigenvalue weighted by Gasteiger charge is -2.29. The van der Waals surface area contributed by atoms with Gasteiger partial charge in [-0.05, 0) is 31.0 Å². The summed E-state index contributed by atoms with van der Waals surface area (Å²) < 4.78 is 2.99. The average molecular weight is 310 g/mol. The maximum absolute atomic E-state index is 10.2. The number of fused-ring (bicyclic) bond motifs is 1. The lowest BCUT2D eigenvalue weighted by atomic mass is 9.92. The first-order valence-electron chi connectivity index (χ1n) is 6.28. The minimum Gasteiger partial charge on any atom is -0.391 e. The Balaban J connectivity index is 2.14. The molecule has 0 amide bonds. The van der Waals surface area contributed by atoms with Crippen molar-refractivity contribution in [3.63, 3.8) is 0 Å². The first kappa shape index (κ1) is 12.0. The second-order valence-corrected chi connectivity index (χ2v) is 5.81. The molecular weight excluding hydrogens is 294 g/mol. The summed E-state index contributed by atoms with van der Waals surface area (Å²) in [6, 6.07) is 5.97. The van der Waals surface area contributed by atoms with Crippen LogP contribution in [0.25, 0.3) is 11.0 Å². The lowest BCUT2D eigenvalue weighted by Crippen LogP contribution is -2.28. The number of halogens is 1. The van der Waals surface area contributed by atoms with E-state index in [2.05, 4.69) is 20.9 Å². The number of imidazole rings is 1. The van der Waals surface area contributed by atoms with Crippen LogP contribution in [0.2, 0.25) is 0 Å². The lowest BCUT2D eigenvalue weighted by molar-refractivity contribution is 0.0783. The zero-order valence-corrected chi connectivity index (χ0v) is 11.6. The van der Waals surface area contributed by atoms with Crippen molar-refractivity contribution in [2.45, 2.75) is 37.8 Å². The van der Waals surface area contributed by atoms with Gasteiger partial charge in [0.25, 0.3) is 0 Å². The van der Waals surface area contributed by atoms with Gasteiger partial charge in [0.15, 0.2) is 0 Å². The second-order valence-electron chi connectivity index (χ2n) is 4.89. The summed E-state index contributed by atoms with van der Waals surface area (Å²) in [6.45, 7) is 0. The third-order valence-corrected chi connectivity index (χ3v) is 4.20. The van der Waals surface area contributed by atoms with Gasteiger partial charge in [0.1, 0.15) is 0 Å². The van der Waals surface area contributed by atoms with E-state index in [0.29, 0.717) is 5.95 Å². The van der Waals surface area contributed by atoms with Crippen LogP contribution in [0, 0.1) is 0 Å². The molecule has 1 fully saturated rings. The van der Waals surface area contributed by atoms with Crippen molar-refractivity contribution in [2.75, 3.05) is 5.73 Å². The number of nitrogen functional groups attached to an aromatic ring is 1. The second kappa shape index (κ2) is 4.55. The SMILES string of the molecule is Nc1nc2ccc(Br)cc2n1C1CCCCC1O. The molecule has 2 unspecified atom stereocenters. The van der Waals surface area contributed by atoms with Gasteiger partial charge in [0.05, 0.1) is 23.2 Å². The van der Waals surface area contributed by atoms with E-state index in [4.69, 9.17) is 5.73 Å². The summed E-state index contributed by atoms with van der Waals surface area (Å²) >= 11 is 3.47. The van der Waals surface area contributed by atoms with Gasteiger partial charge in [-0.25, -0.2) is 4.98 Å². The zero-order valence-electron chi connectivity index (χ0n) is 10.0. The van der Waals surface area contributed by atoms with Crippen molar-refractivity contribution < 1.29 is 5.11 Å². The fraction of sp³-hybridized carbons (Fsp3) is 0.462. The number of aliphatic hydroxyl groups is 1. The van der Waals surface area contributed by atoms with Crippen LogP contribution in [0.15, 0.2) is 22.7 Å². The van der Waals surface area contributed by atoms with E-state index in [1.165, 1.54) is 0 Å². The largest absolute Gasteiger partial charge is 0.391 e. The summed E-state index contributed by atoms with van der Waals surface area (Å²) in [4.78, 5) is 4.37. The van der Waals surface area contributed by atoms with Crippen LogP contribution >= 0.6 is 15.9 Å². The number of hydrogen-bond donors (Lipinski definition) is 2. The van der Waals surface area contributed by atoms with Crippen molar-refractivity contribution in [1.29, 1.82) is 0 Å². The highest BCUT2D eigenvalue weighted by atomic mass is 79.9. The molecule has 0 radical (unpaired) electrons. The predicted molar refractivity (Wildman–Crippen MR) is 75.4 cm³/mol. The van der Waals surface area contributed by atoms with Gasteiger partial charge < -0.3 is 15.4 Å². The molecule has 3 rings (SSSR count). The number of nitrogens with two attached hydrogens (primary N) is 1. The quantitative estimate of drug-likeness (QED) is 0.851. The van der Waals surface area contributed by atoms with Gasteiger partial charge in [0.2, 0.25) is 5.95 Å². The molecule has 1 aliphatic rings. The number of anilines is 1. The van der Waals surface area contributed by atoms with Crippen LogP contribution in [-0.2, 0) is 0 Å². The van der Waals surface area contributed by atoms with Crippen LogP contribution in [0.5, 0.6) is 0 Å². The minimum atomic E-state index is -0.322. The highest BCUT2D eigenvalue weighted by Crippen LogP contribution is 2.34. The third kappa shape index (κ3) is 1.91. The van der Waals surface area contributed by atoms with E-state index < -0.39 is 0 Å². The monoisotopic (exact) mass is 309 g/mol. The normalized spacial score (nSPS) is 24.6. The standard InChI is InChI=1S/C13H16BrN3O/c14-8-5-6-9-11(7-8)17(13(15)16-9)10-3-1-2-4-12(10)18/h5-7,10,12,18H,1-4H2,(H2,15,16). The van der Waals surface area contributed by atoms with Crippen molar-refractivity contribution in [3.05, 3.63) is 22.7 Å². The molecular formula is C13H16BrN3O. The smallest absolute Gasteiger partial charge is 0.201 e. The van der Waals surface area contributed by atoms with Gasteiger partial charge in [-0.2, -0.15) is 0 Å². The molecule has 18 heavy (non-hydrogen) atoms. The van der Waals surface area contributed by atoms with Crippen molar-refractivity contribution in [2.24, 2.45) is 0 Å². The van der Waals surface area contributed by atoms with Crippen LogP contribution < -0.4 is 5.73 Å². The highest BCUT2D eigenvalue weighted by Gasteiger charge is 2.27. The van der Waals surface area contributed by atoms with Gasteiger partial charge in [0, 0.05) is 4.47 Å². The first-order chi connectivity index (χ1) is 8.66. The molecule has 4 nitrogen and oxygen atoms in total. The van der Waals surface area contributed by atoms with Crippen molar-refractivity contribution >= 4 is 32.9 Å².